The molecule has 0 unspecified atom stereocenters. The number of likely N-dealkylation sites (tertiary alicyclic amines) is 1. The average Bonchev–Trinajstić information content (AvgIpc) is 3.01. The Kier molecular flexibility index (Phi) is 3.80. The second-order valence-corrected chi connectivity index (χ2v) is 7.85. The lowest BCUT2D eigenvalue weighted by atomic mass is 9.95. The summed E-state index contributed by atoms with van der Waals surface area (Å²) in [4.78, 5) is 32.3. The number of thiazole rings is 1. The number of aryl methyl sites for hydroxylation is 1. The first-order valence-corrected chi connectivity index (χ1v) is 9.03. The Labute approximate surface area is 143 Å². The Morgan fingerprint density at radius 1 is 1.38 bits per heavy atom. The number of amides is 1. The molecule has 1 atom stereocenters. The highest BCUT2D eigenvalue weighted by atomic mass is 32.1. The molecule has 0 saturated carbocycles. The first-order chi connectivity index (χ1) is 11.5. The molecule has 1 N–H and O–H groups in total. The molecule has 24 heavy (non-hydrogen) atoms. The Hall–Kier alpha value is -1.93. The van der Waals surface area contributed by atoms with Crippen LogP contribution in [0.2, 0.25) is 0 Å². The lowest BCUT2D eigenvalue weighted by molar-refractivity contribution is 0.0442. The topological polar surface area (TPSA) is 75.9 Å². The molecule has 0 radical (unpaired) electrons. The molecule has 2 fully saturated rings. The lowest BCUT2D eigenvalue weighted by Gasteiger charge is -2.24. The van der Waals surface area contributed by atoms with Gasteiger partial charge in [-0.2, -0.15) is 0 Å². The highest BCUT2D eigenvalue weighted by Crippen LogP contribution is 2.29. The van der Waals surface area contributed by atoms with E-state index in [1.165, 1.54) is 11.3 Å². The molecule has 2 saturated heterocycles. The third-order valence-corrected chi connectivity index (χ3v) is 5.67. The number of carbonyl (C=O) groups excluding carboxylic acids is 1. The summed E-state index contributed by atoms with van der Waals surface area (Å²) in [6.45, 7) is 4.98. The molecule has 0 aliphatic carbocycles. The second-order valence-electron chi connectivity index (χ2n) is 6.64. The third-order valence-electron chi connectivity index (χ3n) is 4.78. The largest absolute Gasteiger partial charge is 0.441 e. The van der Waals surface area contributed by atoms with Crippen molar-refractivity contribution in [2.24, 2.45) is 0 Å². The van der Waals surface area contributed by atoms with Gasteiger partial charge in [0, 0.05) is 36.7 Å². The van der Waals surface area contributed by atoms with Gasteiger partial charge in [-0.05, 0) is 26.3 Å². The van der Waals surface area contributed by atoms with Crippen molar-refractivity contribution in [3.63, 3.8) is 0 Å². The number of ether oxygens (including phenoxy) is 1. The van der Waals surface area contributed by atoms with Crippen molar-refractivity contribution >= 4 is 22.4 Å². The van der Waals surface area contributed by atoms with Crippen LogP contribution >= 0.6 is 11.3 Å². The Bertz CT molecular complexity index is 845. The SMILES string of the molecule is Cc1cn2c(=O)cc(CN3CCC[C@]4(CC3)CNC(=O)O4)nc2s1. The predicted octanol–water partition coefficient (Wildman–Crippen LogP) is 1.53. The van der Waals surface area contributed by atoms with E-state index in [4.69, 9.17) is 4.74 Å². The highest BCUT2D eigenvalue weighted by Gasteiger charge is 2.41. The maximum atomic E-state index is 12.2. The van der Waals surface area contributed by atoms with Crippen molar-refractivity contribution in [2.75, 3.05) is 19.6 Å². The molecule has 128 valence electrons. The van der Waals surface area contributed by atoms with Gasteiger partial charge < -0.3 is 10.1 Å². The number of alkyl carbamates (subject to hydrolysis) is 1. The molecule has 7 nitrogen and oxygen atoms in total. The highest BCUT2D eigenvalue weighted by molar-refractivity contribution is 7.16. The maximum absolute atomic E-state index is 12.2. The third kappa shape index (κ3) is 2.91. The minimum absolute atomic E-state index is 0.0282. The zero-order chi connectivity index (χ0) is 16.7. The van der Waals surface area contributed by atoms with Crippen LogP contribution in [0.5, 0.6) is 0 Å². The molecule has 1 amide bonds. The van der Waals surface area contributed by atoms with Crippen molar-refractivity contribution in [2.45, 2.75) is 38.3 Å². The van der Waals surface area contributed by atoms with Gasteiger partial charge in [-0.1, -0.05) is 0 Å². The zero-order valence-corrected chi connectivity index (χ0v) is 14.4. The molecule has 8 heteroatoms. The summed E-state index contributed by atoms with van der Waals surface area (Å²) in [5.74, 6) is 0. The normalized spacial score (nSPS) is 25.0. The molecule has 0 aromatic carbocycles. The van der Waals surface area contributed by atoms with Crippen LogP contribution in [0, 0.1) is 6.92 Å². The second kappa shape index (κ2) is 5.86. The van der Waals surface area contributed by atoms with Crippen LogP contribution in [0.25, 0.3) is 4.96 Å². The van der Waals surface area contributed by atoms with Crippen LogP contribution in [-0.2, 0) is 11.3 Å². The molecular weight excluding hydrogens is 328 g/mol. The summed E-state index contributed by atoms with van der Waals surface area (Å²) in [5, 5.41) is 2.77. The molecule has 2 aromatic rings. The van der Waals surface area contributed by atoms with Crippen molar-refractivity contribution < 1.29 is 9.53 Å². The number of carbonyl (C=O) groups is 1. The number of nitrogens with one attached hydrogen (secondary N) is 1. The average molecular weight is 348 g/mol. The smallest absolute Gasteiger partial charge is 0.407 e. The van der Waals surface area contributed by atoms with Crippen LogP contribution in [0.1, 0.15) is 29.8 Å². The summed E-state index contributed by atoms with van der Waals surface area (Å²) < 4.78 is 7.11. The van der Waals surface area contributed by atoms with Gasteiger partial charge in [0.15, 0.2) is 4.96 Å². The van der Waals surface area contributed by atoms with Crippen LogP contribution in [0.15, 0.2) is 17.1 Å². The summed E-state index contributed by atoms with van der Waals surface area (Å²) in [6, 6.07) is 1.62. The number of aromatic nitrogens is 2. The van der Waals surface area contributed by atoms with E-state index < -0.39 is 0 Å². The number of nitrogens with zero attached hydrogens (tertiary/aromatic N) is 3. The molecule has 2 aliphatic heterocycles. The van der Waals surface area contributed by atoms with Crippen LogP contribution < -0.4 is 10.9 Å². The minimum Gasteiger partial charge on any atom is -0.441 e. The van der Waals surface area contributed by atoms with Crippen molar-refractivity contribution in [3.05, 3.63) is 33.2 Å². The maximum Gasteiger partial charge on any atom is 0.407 e. The van der Waals surface area contributed by atoms with Gasteiger partial charge in [-0.15, -0.1) is 11.3 Å². The predicted molar refractivity (Wildman–Crippen MR) is 90.4 cm³/mol. The molecule has 4 heterocycles. The number of hydrogen-bond donors (Lipinski definition) is 1. The van der Waals surface area contributed by atoms with Crippen LogP contribution in [0.3, 0.4) is 0 Å². The number of rotatable bonds is 2. The van der Waals surface area contributed by atoms with Gasteiger partial charge in [0.2, 0.25) is 0 Å². The van der Waals surface area contributed by atoms with E-state index in [1.807, 2.05) is 13.1 Å². The van der Waals surface area contributed by atoms with E-state index in [9.17, 15) is 9.59 Å². The molecule has 2 aliphatic rings. The number of fused-ring (bicyclic) bond motifs is 1. The zero-order valence-electron chi connectivity index (χ0n) is 13.6. The molecular formula is C16H20N4O3S. The van der Waals surface area contributed by atoms with E-state index in [1.54, 1.807) is 10.5 Å². The summed E-state index contributed by atoms with van der Waals surface area (Å²) in [6.07, 6.45) is 4.17. The monoisotopic (exact) mass is 348 g/mol. The fourth-order valence-corrected chi connectivity index (χ4v) is 4.38. The lowest BCUT2D eigenvalue weighted by Crippen LogP contribution is -2.35. The summed E-state index contributed by atoms with van der Waals surface area (Å²) >= 11 is 1.53. The van der Waals surface area contributed by atoms with Gasteiger partial charge in [0.25, 0.3) is 5.56 Å². The minimum atomic E-state index is -0.354. The van der Waals surface area contributed by atoms with Crippen LogP contribution in [0.4, 0.5) is 4.79 Å². The fraction of sp³-hybridized carbons (Fsp3) is 0.562. The van der Waals surface area contributed by atoms with Crippen molar-refractivity contribution in [1.82, 2.24) is 19.6 Å². The van der Waals surface area contributed by atoms with E-state index in [0.29, 0.717) is 13.1 Å². The van der Waals surface area contributed by atoms with E-state index in [-0.39, 0.29) is 17.3 Å². The quantitative estimate of drug-likeness (QED) is 0.891. The van der Waals surface area contributed by atoms with Crippen LogP contribution in [-0.4, -0.2) is 45.6 Å². The Morgan fingerprint density at radius 2 is 2.25 bits per heavy atom. The summed E-state index contributed by atoms with van der Waals surface area (Å²) in [7, 11) is 0. The summed E-state index contributed by atoms with van der Waals surface area (Å²) in [5.41, 5.74) is 0.423. The van der Waals surface area contributed by atoms with Gasteiger partial charge in [0.05, 0.1) is 12.2 Å². The fourth-order valence-electron chi connectivity index (χ4n) is 3.53. The Balaban J connectivity index is 1.49. The van der Waals surface area contributed by atoms with Gasteiger partial charge in [0.1, 0.15) is 5.60 Å². The van der Waals surface area contributed by atoms with Crippen molar-refractivity contribution in [1.29, 1.82) is 0 Å². The first-order valence-electron chi connectivity index (χ1n) is 8.21. The molecule has 1 spiro atoms. The Morgan fingerprint density at radius 3 is 3.04 bits per heavy atom. The van der Waals surface area contributed by atoms with E-state index in [2.05, 4.69) is 15.2 Å². The number of hydrogen-bond acceptors (Lipinski definition) is 6. The van der Waals surface area contributed by atoms with Gasteiger partial charge in [-0.25, -0.2) is 9.78 Å². The van der Waals surface area contributed by atoms with E-state index in [0.717, 1.165) is 47.9 Å². The van der Waals surface area contributed by atoms with Gasteiger partial charge >= 0.3 is 6.09 Å². The molecule has 4 rings (SSSR count). The van der Waals surface area contributed by atoms with Crippen molar-refractivity contribution in [3.8, 4) is 0 Å². The molecule has 0 bridgehead atoms. The van der Waals surface area contributed by atoms with Gasteiger partial charge in [-0.3, -0.25) is 14.1 Å². The molecule has 2 aromatic heterocycles. The first kappa shape index (κ1) is 15.6. The standard InChI is InChI=1S/C16H20N4O3S/c1-11-8-20-13(21)7-12(18-14(20)24-11)9-19-5-2-3-16(4-6-19)10-17-15(22)23-16/h7-8H,2-6,9-10H2,1H3,(H,17,22)/t16-/m0/s1. The van der Waals surface area contributed by atoms with E-state index >= 15 is 0 Å².